The van der Waals surface area contributed by atoms with Crippen molar-refractivity contribution in [3.05, 3.63) is 48.0 Å². The summed E-state index contributed by atoms with van der Waals surface area (Å²) in [7, 11) is 4.84. The highest BCUT2D eigenvalue weighted by atomic mass is 16.5. The SMILES string of the molecule is CCNC(=NCc1cc(OC)c(OC)cc1OC)NCCCOc1ccccc1. The molecular formula is C22H31N3O4. The molecule has 29 heavy (non-hydrogen) atoms. The van der Waals surface area contributed by atoms with Crippen LogP contribution >= 0.6 is 0 Å². The number of guanidine groups is 1. The first-order chi connectivity index (χ1) is 14.2. The van der Waals surface area contributed by atoms with Crippen molar-refractivity contribution in [1.82, 2.24) is 10.6 Å². The predicted molar refractivity (Wildman–Crippen MR) is 115 cm³/mol. The minimum absolute atomic E-state index is 0.444. The van der Waals surface area contributed by atoms with Gasteiger partial charge < -0.3 is 29.6 Å². The van der Waals surface area contributed by atoms with E-state index in [1.54, 1.807) is 21.3 Å². The molecule has 0 saturated heterocycles. The fraction of sp³-hybridized carbons (Fsp3) is 0.409. The van der Waals surface area contributed by atoms with Crippen LogP contribution < -0.4 is 29.6 Å². The van der Waals surface area contributed by atoms with Crippen LogP contribution in [0.25, 0.3) is 0 Å². The lowest BCUT2D eigenvalue weighted by atomic mass is 10.1. The zero-order valence-electron chi connectivity index (χ0n) is 17.7. The summed E-state index contributed by atoms with van der Waals surface area (Å²) in [5, 5.41) is 6.58. The maximum atomic E-state index is 5.71. The number of rotatable bonds is 11. The Morgan fingerprint density at radius 2 is 1.59 bits per heavy atom. The summed E-state index contributed by atoms with van der Waals surface area (Å²) in [6, 6.07) is 13.5. The van der Waals surface area contributed by atoms with Crippen LogP contribution in [0.4, 0.5) is 0 Å². The molecule has 0 spiro atoms. The molecule has 0 radical (unpaired) electrons. The van der Waals surface area contributed by atoms with Gasteiger partial charge in [-0.3, -0.25) is 0 Å². The van der Waals surface area contributed by atoms with Crippen LogP contribution in [-0.2, 0) is 6.54 Å². The Balaban J connectivity index is 1.92. The number of benzene rings is 2. The molecule has 0 saturated carbocycles. The largest absolute Gasteiger partial charge is 0.496 e. The van der Waals surface area contributed by atoms with Crippen molar-refractivity contribution in [2.24, 2.45) is 4.99 Å². The average Bonchev–Trinajstić information content (AvgIpc) is 2.77. The number of nitrogens with zero attached hydrogens (tertiary/aromatic N) is 1. The minimum atomic E-state index is 0.444. The third-order valence-corrected chi connectivity index (χ3v) is 4.16. The quantitative estimate of drug-likeness (QED) is 0.342. The molecule has 0 aliphatic carbocycles. The Labute approximate surface area is 173 Å². The van der Waals surface area contributed by atoms with Crippen molar-refractivity contribution in [2.45, 2.75) is 19.9 Å². The van der Waals surface area contributed by atoms with Gasteiger partial charge >= 0.3 is 0 Å². The number of para-hydroxylation sites is 1. The monoisotopic (exact) mass is 401 g/mol. The average molecular weight is 402 g/mol. The van der Waals surface area contributed by atoms with E-state index in [1.807, 2.05) is 49.4 Å². The molecule has 2 aromatic rings. The third kappa shape index (κ3) is 7.10. The summed E-state index contributed by atoms with van der Waals surface area (Å²) in [5.41, 5.74) is 0.912. The van der Waals surface area contributed by atoms with Crippen LogP contribution in [0.2, 0.25) is 0 Å². The maximum Gasteiger partial charge on any atom is 0.191 e. The molecule has 158 valence electrons. The Morgan fingerprint density at radius 1 is 0.897 bits per heavy atom. The minimum Gasteiger partial charge on any atom is -0.496 e. The maximum absolute atomic E-state index is 5.71. The van der Waals surface area contributed by atoms with Gasteiger partial charge in [0.1, 0.15) is 11.5 Å². The Bertz CT molecular complexity index is 766. The number of ether oxygens (including phenoxy) is 4. The zero-order chi connectivity index (χ0) is 20.9. The molecular weight excluding hydrogens is 370 g/mol. The van der Waals surface area contributed by atoms with Crippen molar-refractivity contribution in [3.8, 4) is 23.0 Å². The Morgan fingerprint density at radius 3 is 2.24 bits per heavy atom. The summed E-state index contributed by atoms with van der Waals surface area (Å²) in [5.74, 6) is 3.60. The van der Waals surface area contributed by atoms with E-state index < -0.39 is 0 Å². The van der Waals surface area contributed by atoms with Gasteiger partial charge in [0.25, 0.3) is 0 Å². The van der Waals surface area contributed by atoms with Crippen LogP contribution in [0.5, 0.6) is 23.0 Å². The zero-order valence-corrected chi connectivity index (χ0v) is 17.7. The van der Waals surface area contributed by atoms with Crippen LogP contribution in [0.3, 0.4) is 0 Å². The van der Waals surface area contributed by atoms with Gasteiger partial charge in [-0.05, 0) is 31.5 Å². The van der Waals surface area contributed by atoms with E-state index in [-0.39, 0.29) is 0 Å². The highest BCUT2D eigenvalue weighted by Gasteiger charge is 2.11. The number of aliphatic imine (C=N–C) groups is 1. The van der Waals surface area contributed by atoms with E-state index in [2.05, 4.69) is 15.6 Å². The number of nitrogens with one attached hydrogen (secondary N) is 2. The van der Waals surface area contributed by atoms with Crippen molar-refractivity contribution in [1.29, 1.82) is 0 Å². The Kier molecular flexibility index (Phi) is 9.48. The smallest absolute Gasteiger partial charge is 0.191 e. The van der Waals surface area contributed by atoms with E-state index in [1.165, 1.54) is 0 Å². The summed E-state index contributed by atoms with van der Waals surface area (Å²) in [6.07, 6.45) is 0.860. The first kappa shape index (κ1) is 22.2. The van der Waals surface area contributed by atoms with Crippen LogP contribution in [0.15, 0.2) is 47.5 Å². The summed E-state index contributed by atoms with van der Waals surface area (Å²) in [4.78, 5) is 4.66. The van der Waals surface area contributed by atoms with E-state index >= 15 is 0 Å². The van der Waals surface area contributed by atoms with Gasteiger partial charge in [0.15, 0.2) is 17.5 Å². The third-order valence-electron chi connectivity index (χ3n) is 4.16. The van der Waals surface area contributed by atoms with E-state index in [0.29, 0.717) is 30.4 Å². The molecule has 2 aromatic carbocycles. The summed E-state index contributed by atoms with van der Waals surface area (Å²) >= 11 is 0. The van der Waals surface area contributed by atoms with Gasteiger partial charge in [0.05, 0.1) is 34.5 Å². The lowest BCUT2D eigenvalue weighted by molar-refractivity contribution is 0.311. The van der Waals surface area contributed by atoms with Crippen molar-refractivity contribution < 1.29 is 18.9 Å². The number of methoxy groups -OCH3 is 3. The second kappa shape index (κ2) is 12.4. The lowest BCUT2D eigenvalue weighted by Gasteiger charge is -2.14. The first-order valence-electron chi connectivity index (χ1n) is 9.70. The van der Waals surface area contributed by atoms with E-state index in [0.717, 1.165) is 36.8 Å². The molecule has 2 rings (SSSR count). The second-order valence-corrected chi connectivity index (χ2v) is 6.16. The van der Waals surface area contributed by atoms with Gasteiger partial charge in [0, 0.05) is 24.7 Å². The molecule has 7 heteroatoms. The van der Waals surface area contributed by atoms with E-state index in [4.69, 9.17) is 18.9 Å². The van der Waals surface area contributed by atoms with Crippen molar-refractivity contribution in [3.63, 3.8) is 0 Å². The molecule has 0 aliphatic rings. The normalized spacial score (nSPS) is 11.0. The molecule has 0 aromatic heterocycles. The van der Waals surface area contributed by atoms with Crippen LogP contribution in [-0.4, -0.2) is 47.0 Å². The Hall–Kier alpha value is -3.09. The molecule has 7 nitrogen and oxygen atoms in total. The molecule has 0 aliphatic heterocycles. The standard InChI is InChI=1S/C22H31N3O4/c1-5-23-22(24-12-9-13-29-18-10-7-6-8-11-18)25-16-17-14-20(27-3)21(28-4)15-19(17)26-2/h6-8,10-11,14-15H,5,9,12-13,16H2,1-4H3,(H2,23,24,25). The molecule has 0 unspecified atom stereocenters. The van der Waals surface area contributed by atoms with Crippen LogP contribution in [0, 0.1) is 0 Å². The fourth-order valence-electron chi connectivity index (χ4n) is 2.71. The first-order valence-corrected chi connectivity index (χ1v) is 9.70. The molecule has 2 N–H and O–H groups in total. The molecule has 0 bridgehead atoms. The molecule has 0 fully saturated rings. The summed E-state index contributed by atoms with van der Waals surface area (Å²) < 4.78 is 21.9. The summed E-state index contributed by atoms with van der Waals surface area (Å²) in [6.45, 7) is 4.64. The lowest BCUT2D eigenvalue weighted by Crippen LogP contribution is -2.38. The molecule has 0 heterocycles. The van der Waals surface area contributed by atoms with E-state index in [9.17, 15) is 0 Å². The van der Waals surface area contributed by atoms with Gasteiger partial charge in [-0.2, -0.15) is 0 Å². The number of hydrogen-bond acceptors (Lipinski definition) is 5. The number of hydrogen-bond donors (Lipinski definition) is 2. The highest BCUT2D eigenvalue weighted by molar-refractivity contribution is 5.79. The van der Waals surface area contributed by atoms with Crippen molar-refractivity contribution in [2.75, 3.05) is 41.0 Å². The van der Waals surface area contributed by atoms with Gasteiger partial charge in [-0.1, -0.05) is 18.2 Å². The molecule has 0 atom stereocenters. The van der Waals surface area contributed by atoms with Gasteiger partial charge in [-0.15, -0.1) is 0 Å². The predicted octanol–water partition coefficient (Wildman–Crippen LogP) is 3.24. The second-order valence-electron chi connectivity index (χ2n) is 6.16. The topological polar surface area (TPSA) is 73.3 Å². The van der Waals surface area contributed by atoms with Gasteiger partial charge in [-0.25, -0.2) is 4.99 Å². The molecule has 0 amide bonds. The van der Waals surface area contributed by atoms with Gasteiger partial charge in [0.2, 0.25) is 0 Å². The van der Waals surface area contributed by atoms with Crippen LogP contribution in [0.1, 0.15) is 18.9 Å². The fourth-order valence-corrected chi connectivity index (χ4v) is 2.71. The van der Waals surface area contributed by atoms with Crippen molar-refractivity contribution >= 4 is 5.96 Å². The highest BCUT2D eigenvalue weighted by Crippen LogP contribution is 2.34.